The summed E-state index contributed by atoms with van der Waals surface area (Å²) in [5.41, 5.74) is -1.25. The Bertz CT molecular complexity index is 621. The van der Waals surface area contributed by atoms with Crippen molar-refractivity contribution in [2.24, 2.45) is 0 Å². The van der Waals surface area contributed by atoms with Gasteiger partial charge in [-0.25, -0.2) is 8.42 Å². The molecule has 6 nitrogen and oxygen atoms in total. The van der Waals surface area contributed by atoms with Crippen molar-refractivity contribution in [3.63, 3.8) is 0 Å². The molecule has 9 heteroatoms. The van der Waals surface area contributed by atoms with Crippen LogP contribution in [0, 0.1) is 21.4 Å². The van der Waals surface area contributed by atoms with Crippen LogP contribution in [0.3, 0.4) is 0 Å². The van der Waals surface area contributed by atoms with Gasteiger partial charge in [0.1, 0.15) is 11.6 Å². The van der Waals surface area contributed by atoms with E-state index in [-0.39, 0.29) is 17.0 Å². The fourth-order valence-corrected chi connectivity index (χ4v) is 2.95. The highest BCUT2D eigenvalue weighted by Gasteiger charge is 2.31. The quantitative estimate of drug-likeness (QED) is 0.368. The van der Waals surface area contributed by atoms with Crippen LogP contribution in [-0.4, -0.2) is 13.3 Å². The Morgan fingerprint density at radius 2 is 2.06 bits per heavy atom. The lowest BCUT2D eigenvalue weighted by molar-refractivity contribution is -0.388. The molecule has 0 amide bonds. The first-order valence-electron chi connectivity index (χ1n) is 4.04. The van der Waals surface area contributed by atoms with Gasteiger partial charge in [-0.3, -0.25) is 10.1 Å². The third kappa shape index (κ3) is 2.66. The lowest BCUT2D eigenvalue weighted by atomic mass is 10.1. The van der Waals surface area contributed by atoms with E-state index in [9.17, 15) is 18.5 Å². The highest BCUT2D eigenvalue weighted by molar-refractivity contribution is 8.13. The second kappa shape index (κ2) is 4.87. The lowest BCUT2D eigenvalue weighted by Gasteiger charge is -2.05. The normalized spacial score (nSPS) is 10.9. The number of halogens is 2. The molecule has 90 valence electrons. The van der Waals surface area contributed by atoms with Crippen LogP contribution in [-0.2, 0) is 14.9 Å². The van der Waals surface area contributed by atoms with Gasteiger partial charge in [0.25, 0.3) is 9.05 Å². The molecule has 0 radical (unpaired) electrons. The molecule has 0 aliphatic rings. The summed E-state index contributed by atoms with van der Waals surface area (Å²) < 4.78 is 22.6. The first-order chi connectivity index (χ1) is 7.82. The molecule has 0 spiro atoms. The number of nitro groups is 1. The minimum absolute atomic E-state index is 0.0210. The molecule has 0 bridgehead atoms. The minimum Gasteiger partial charge on any atom is -0.258 e. The Morgan fingerprint density at radius 3 is 2.41 bits per heavy atom. The molecule has 1 rings (SSSR count). The van der Waals surface area contributed by atoms with E-state index >= 15 is 0 Å². The molecule has 0 atom stereocenters. The monoisotopic (exact) mass is 294 g/mol. The summed E-state index contributed by atoms with van der Waals surface area (Å²) >= 11 is 5.48. The number of benzene rings is 1. The van der Waals surface area contributed by atoms with E-state index in [1.807, 2.05) is 0 Å². The van der Waals surface area contributed by atoms with Gasteiger partial charge in [-0.2, -0.15) is 5.26 Å². The van der Waals surface area contributed by atoms with Gasteiger partial charge in [0.05, 0.1) is 4.92 Å². The zero-order chi connectivity index (χ0) is 13.2. The average Bonchev–Trinajstić information content (AvgIpc) is 2.25. The summed E-state index contributed by atoms with van der Waals surface area (Å²) in [7, 11) is 0.762. The lowest BCUT2D eigenvalue weighted by Crippen LogP contribution is -2.05. The van der Waals surface area contributed by atoms with Gasteiger partial charge < -0.3 is 0 Å². The van der Waals surface area contributed by atoms with Crippen molar-refractivity contribution < 1.29 is 13.3 Å². The van der Waals surface area contributed by atoms with E-state index < -0.39 is 24.6 Å². The van der Waals surface area contributed by atoms with Crippen molar-refractivity contribution in [2.75, 3.05) is 0 Å². The summed E-state index contributed by atoms with van der Waals surface area (Å²) in [6.45, 7) is 0. The van der Waals surface area contributed by atoms with E-state index in [1.54, 1.807) is 0 Å². The van der Waals surface area contributed by atoms with E-state index in [0.29, 0.717) is 0 Å². The minimum atomic E-state index is -4.36. The van der Waals surface area contributed by atoms with Crippen LogP contribution >= 0.6 is 22.3 Å². The molecule has 1 aromatic rings. The van der Waals surface area contributed by atoms with Crippen LogP contribution in [0.15, 0.2) is 17.0 Å². The van der Waals surface area contributed by atoms with Crippen molar-refractivity contribution in [3.8, 4) is 6.07 Å². The van der Waals surface area contributed by atoms with Gasteiger partial charge in [-0.05, 0) is 11.6 Å². The maximum absolute atomic E-state index is 11.3. The fraction of sp³-hybridized carbons (Fsp3) is 0.125. The number of nitriles is 1. The molecular formula is C8H4Cl2N2O4S. The fourth-order valence-electron chi connectivity index (χ4n) is 1.26. The summed E-state index contributed by atoms with van der Waals surface area (Å²) in [6.07, 6.45) is 0. The Hall–Kier alpha value is -1.36. The van der Waals surface area contributed by atoms with Crippen molar-refractivity contribution in [1.29, 1.82) is 5.26 Å². The van der Waals surface area contributed by atoms with Crippen LogP contribution < -0.4 is 0 Å². The van der Waals surface area contributed by atoms with Gasteiger partial charge in [0.2, 0.25) is 0 Å². The van der Waals surface area contributed by atoms with Crippen LogP contribution in [0.25, 0.3) is 0 Å². The van der Waals surface area contributed by atoms with Crippen LogP contribution in [0.4, 0.5) is 5.69 Å². The van der Waals surface area contributed by atoms with Crippen molar-refractivity contribution in [1.82, 2.24) is 0 Å². The van der Waals surface area contributed by atoms with Crippen molar-refractivity contribution in [2.45, 2.75) is 10.8 Å². The topological polar surface area (TPSA) is 101 Å². The highest BCUT2D eigenvalue weighted by Crippen LogP contribution is 2.34. The Kier molecular flexibility index (Phi) is 3.93. The Morgan fingerprint density at radius 1 is 1.47 bits per heavy atom. The van der Waals surface area contributed by atoms with Crippen LogP contribution in [0.1, 0.15) is 11.1 Å². The zero-order valence-corrected chi connectivity index (χ0v) is 10.4. The molecule has 0 saturated heterocycles. The third-order valence-corrected chi connectivity index (χ3v) is 3.60. The average molecular weight is 295 g/mol. The smallest absolute Gasteiger partial charge is 0.258 e. The highest BCUT2D eigenvalue weighted by atomic mass is 35.7. The van der Waals surface area contributed by atoms with E-state index in [0.717, 1.165) is 6.07 Å². The predicted molar refractivity (Wildman–Crippen MR) is 60.4 cm³/mol. The van der Waals surface area contributed by atoms with E-state index in [4.69, 9.17) is 27.5 Å². The molecule has 0 aliphatic heterocycles. The molecule has 0 aliphatic carbocycles. The van der Waals surface area contributed by atoms with Crippen molar-refractivity contribution in [3.05, 3.63) is 33.4 Å². The molecule has 0 fully saturated rings. The molecule has 0 saturated carbocycles. The summed E-state index contributed by atoms with van der Waals surface area (Å²) in [4.78, 5) is 9.11. The number of hydrogen-bond acceptors (Lipinski definition) is 5. The molecule has 0 unspecified atom stereocenters. The van der Waals surface area contributed by atoms with E-state index in [1.165, 1.54) is 12.1 Å². The second-order valence-electron chi connectivity index (χ2n) is 2.89. The van der Waals surface area contributed by atoms with Crippen LogP contribution in [0.5, 0.6) is 0 Å². The zero-order valence-electron chi connectivity index (χ0n) is 8.05. The molecule has 17 heavy (non-hydrogen) atoms. The number of rotatable bonds is 3. The largest absolute Gasteiger partial charge is 0.307 e. The number of nitrogens with zero attached hydrogens (tertiary/aromatic N) is 2. The van der Waals surface area contributed by atoms with Crippen molar-refractivity contribution >= 4 is 37.0 Å². The van der Waals surface area contributed by atoms with E-state index in [2.05, 4.69) is 0 Å². The van der Waals surface area contributed by atoms with Gasteiger partial charge in [0, 0.05) is 16.6 Å². The van der Waals surface area contributed by atoms with Gasteiger partial charge in [-0.15, -0.1) is 11.6 Å². The molecule has 1 aromatic carbocycles. The molecule has 0 heterocycles. The maximum Gasteiger partial charge on any atom is 0.307 e. The number of alkyl halides is 1. The standard InChI is InChI=1S/C8H4Cl2N2O4S/c9-3-5-1-2-6(4-11)7(12(13)14)8(5)17(10,15)16/h1-2H,3H2. The summed E-state index contributed by atoms with van der Waals surface area (Å²) in [6, 6.07) is 3.88. The van der Waals surface area contributed by atoms with Gasteiger partial charge in [0.15, 0.2) is 4.90 Å². The number of hydrogen-bond donors (Lipinski definition) is 0. The first kappa shape index (κ1) is 13.7. The second-order valence-corrected chi connectivity index (χ2v) is 5.66. The first-order valence-corrected chi connectivity index (χ1v) is 6.88. The number of nitro benzene ring substituents is 1. The maximum atomic E-state index is 11.3. The van der Waals surface area contributed by atoms with Crippen LogP contribution in [0.2, 0.25) is 0 Å². The van der Waals surface area contributed by atoms with Gasteiger partial charge >= 0.3 is 5.69 Å². The Labute approximate surface area is 106 Å². The summed E-state index contributed by atoms with van der Waals surface area (Å²) in [5, 5.41) is 19.5. The summed E-state index contributed by atoms with van der Waals surface area (Å²) in [5.74, 6) is -0.270. The third-order valence-electron chi connectivity index (χ3n) is 1.90. The van der Waals surface area contributed by atoms with Gasteiger partial charge in [-0.1, -0.05) is 6.07 Å². The Balaban J connectivity index is 3.86. The molecule has 0 aromatic heterocycles. The SMILES string of the molecule is N#Cc1ccc(CCl)c(S(=O)(=O)Cl)c1[N+](=O)[O-]. The predicted octanol–water partition coefficient (Wildman–Crippen LogP) is 2.13. The molecule has 0 N–H and O–H groups in total. The molecular weight excluding hydrogens is 291 g/mol.